The molecule has 0 bridgehead atoms. The summed E-state index contributed by atoms with van der Waals surface area (Å²) in [6.45, 7) is 0. The van der Waals surface area contributed by atoms with Crippen LogP contribution in [-0.4, -0.2) is 19.9 Å². The molecule has 3 aromatic heterocycles. The fourth-order valence-electron chi connectivity index (χ4n) is 6.95. The zero-order valence-corrected chi connectivity index (χ0v) is 26.2. The summed E-state index contributed by atoms with van der Waals surface area (Å²) in [5.74, 6) is 1.86. The second kappa shape index (κ2) is 10.9. The molecule has 0 aliphatic heterocycles. The Morgan fingerprint density at radius 3 is 1.65 bits per heavy atom. The third-order valence-electron chi connectivity index (χ3n) is 9.31. The zero-order valence-electron chi connectivity index (χ0n) is 26.2. The number of fused-ring (bicyclic) bond motifs is 6. The molecule has 0 spiro atoms. The van der Waals surface area contributed by atoms with Crippen LogP contribution in [0, 0.1) is 0 Å². The van der Waals surface area contributed by atoms with Crippen molar-refractivity contribution in [2.45, 2.75) is 0 Å². The van der Waals surface area contributed by atoms with E-state index in [1.54, 1.807) is 0 Å². The maximum atomic E-state index is 6.24. The van der Waals surface area contributed by atoms with Crippen molar-refractivity contribution in [2.75, 3.05) is 0 Å². The standard InChI is InChI=1S/C44H26N4O/c1-3-11-29-23-32(20-18-27(29)9-1)42-46-43(33-21-19-28-10-2-4-12-30(28)24-33)48-44(47-42)34-25-31-13-5-6-14-35(31)37(26-34)36-15-7-16-38-40(36)41-39(49-38)17-8-22-45-41/h1-26H. The van der Waals surface area contributed by atoms with Gasteiger partial charge in [-0.05, 0) is 85.9 Å². The normalized spacial score (nSPS) is 11.7. The van der Waals surface area contributed by atoms with Crippen molar-refractivity contribution < 1.29 is 4.42 Å². The smallest absolute Gasteiger partial charge is 0.164 e. The molecule has 0 unspecified atom stereocenters. The van der Waals surface area contributed by atoms with E-state index in [2.05, 4.69) is 127 Å². The second-order valence-electron chi connectivity index (χ2n) is 12.3. The fraction of sp³-hybridized carbons (Fsp3) is 0. The minimum atomic E-state index is 0.607. The quantitative estimate of drug-likeness (QED) is 0.194. The first-order chi connectivity index (χ1) is 24.2. The highest BCUT2D eigenvalue weighted by Crippen LogP contribution is 2.40. The first-order valence-corrected chi connectivity index (χ1v) is 16.3. The van der Waals surface area contributed by atoms with Crippen LogP contribution in [-0.2, 0) is 0 Å². The number of rotatable bonds is 4. The van der Waals surface area contributed by atoms with Crippen LogP contribution in [0.1, 0.15) is 0 Å². The Balaban J connectivity index is 1.23. The molecular formula is C44H26N4O. The molecule has 0 saturated carbocycles. The molecule has 0 N–H and O–H groups in total. The van der Waals surface area contributed by atoms with Crippen molar-refractivity contribution in [1.82, 2.24) is 19.9 Å². The molecule has 7 aromatic carbocycles. The average Bonchev–Trinajstić information content (AvgIpc) is 3.56. The van der Waals surface area contributed by atoms with Crippen molar-refractivity contribution in [1.29, 1.82) is 0 Å². The van der Waals surface area contributed by atoms with E-state index in [1.165, 1.54) is 10.8 Å². The van der Waals surface area contributed by atoms with Gasteiger partial charge in [0.2, 0.25) is 0 Å². The average molecular weight is 627 g/mol. The van der Waals surface area contributed by atoms with Gasteiger partial charge in [-0.3, -0.25) is 4.98 Å². The van der Waals surface area contributed by atoms with Crippen molar-refractivity contribution in [3.05, 3.63) is 158 Å². The first-order valence-electron chi connectivity index (χ1n) is 16.3. The van der Waals surface area contributed by atoms with Crippen molar-refractivity contribution in [3.63, 3.8) is 0 Å². The van der Waals surface area contributed by atoms with E-state index >= 15 is 0 Å². The van der Waals surface area contributed by atoms with Crippen molar-refractivity contribution in [3.8, 4) is 45.3 Å². The van der Waals surface area contributed by atoms with E-state index in [0.717, 1.165) is 71.4 Å². The van der Waals surface area contributed by atoms with E-state index in [0.29, 0.717) is 17.5 Å². The molecule has 3 heterocycles. The number of benzene rings is 7. The topological polar surface area (TPSA) is 64.7 Å². The summed E-state index contributed by atoms with van der Waals surface area (Å²) >= 11 is 0. The Morgan fingerprint density at radius 2 is 0.959 bits per heavy atom. The first kappa shape index (κ1) is 27.4. The van der Waals surface area contributed by atoms with Gasteiger partial charge in [-0.1, -0.05) is 109 Å². The number of hydrogen-bond donors (Lipinski definition) is 0. The molecule has 0 radical (unpaired) electrons. The molecule has 10 rings (SSSR count). The monoisotopic (exact) mass is 626 g/mol. The van der Waals surface area contributed by atoms with Crippen LogP contribution in [0.3, 0.4) is 0 Å². The predicted molar refractivity (Wildman–Crippen MR) is 199 cm³/mol. The van der Waals surface area contributed by atoms with Crippen LogP contribution < -0.4 is 0 Å². The number of hydrogen-bond acceptors (Lipinski definition) is 5. The Morgan fingerprint density at radius 1 is 0.388 bits per heavy atom. The third-order valence-corrected chi connectivity index (χ3v) is 9.31. The van der Waals surface area contributed by atoms with Crippen LogP contribution in [0.2, 0.25) is 0 Å². The van der Waals surface area contributed by atoms with Gasteiger partial charge in [-0.2, -0.15) is 0 Å². The molecule has 10 aromatic rings. The van der Waals surface area contributed by atoms with Gasteiger partial charge in [0.05, 0.1) is 5.39 Å². The predicted octanol–water partition coefficient (Wildman–Crippen LogP) is 11.3. The van der Waals surface area contributed by atoms with Gasteiger partial charge in [0, 0.05) is 22.9 Å². The lowest BCUT2D eigenvalue weighted by Crippen LogP contribution is -2.00. The van der Waals surface area contributed by atoms with E-state index in [4.69, 9.17) is 24.4 Å². The van der Waals surface area contributed by atoms with Crippen LogP contribution in [0.25, 0.3) is 99.7 Å². The fourth-order valence-corrected chi connectivity index (χ4v) is 6.95. The van der Waals surface area contributed by atoms with Gasteiger partial charge in [-0.15, -0.1) is 0 Å². The highest BCUT2D eigenvalue weighted by molar-refractivity contribution is 6.14. The van der Waals surface area contributed by atoms with Gasteiger partial charge in [0.15, 0.2) is 23.1 Å². The highest BCUT2D eigenvalue weighted by atomic mass is 16.3. The Kier molecular flexibility index (Phi) is 6.11. The lowest BCUT2D eigenvalue weighted by molar-refractivity contribution is 0.668. The van der Waals surface area contributed by atoms with E-state index in [9.17, 15) is 0 Å². The minimum Gasteiger partial charge on any atom is -0.454 e. The molecule has 0 amide bonds. The lowest BCUT2D eigenvalue weighted by Gasteiger charge is -2.13. The minimum absolute atomic E-state index is 0.607. The molecule has 49 heavy (non-hydrogen) atoms. The summed E-state index contributed by atoms with van der Waals surface area (Å²) in [6.07, 6.45) is 1.82. The van der Waals surface area contributed by atoms with Gasteiger partial charge in [0.25, 0.3) is 0 Å². The molecule has 0 fully saturated rings. The zero-order chi connectivity index (χ0) is 32.3. The van der Waals surface area contributed by atoms with Crippen molar-refractivity contribution >= 4 is 54.4 Å². The van der Waals surface area contributed by atoms with E-state index in [-0.39, 0.29) is 0 Å². The Labute approximate surface area is 281 Å². The summed E-state index contributed by atoms with van der Waals surface area (Å²) < 4.78 is 6.24. The van der Waals surface area contributed by atoms with E-state index < -0.39 is 0 Å². The maximum Gasteiger partial charge on any atom is 0.164 e. The largest absolute Gasteiger partial charge is 0.454 e. The molecule has 5 heteroatoms. The molecule has 0 atom stereocenters. The summed E-state index contributed by atoms with van der Waals surface area (Å²) in [5, 5.41) is 7.82. The molecule has 5 nitrogen and oxygen atoms in total. The number of pyridine rings is 1. The summed E-state index contributed by atoms with van der Waals surface area (Å²) in [6, 6.07) is 52.3. The maximum absolute atomic E-state index is 6.24. The lowest BCUT2D eigenvalue weighted by atomic mass is 9.93. The van der Waals surface area contributed by atoms with Crippen molar-refractivity contribution in [2.24, 2.45) is 0 Å². The number of nitrogens with zero attached hydrogens (tertiary/aromatic N) is 4. The summed E-state index contributed by atoms with van der Waals surface area (Å²) in [4.78, 5) is 20.1. The van der Waals surface area contributed by atoms with Gasteiger partial charge in [0.1, 0.15) is 11.1 Å². The van der Waals surface area contributed by atoms with Gasteiger partial charge < -0.3 is 4.42 Å². The highest BCUT2D eigenvalue weighted by Gasteiger charge is 2.19. The molecule has 0 aliphatic rings. The molecule has 0 aliphatic carbocycles. The molecule has 0 saturated heterocycles. The summed E-state index contributed by atoms with van der Waals surface area (Å²) in [7, 11) is 0. The van der Waals surface area contributed by atoms with Crippen LogP contribution in [0.5, 0.6) is 0 Å². The summed E-state index contributed by atoms with van der Waals surface area (Å²) in [5.41, 5.74) is 7.30. The SMILES string of the molecule is c1ccc2cc(-c3nc(-c4ccc5ccccc5c4)nc(-c4cc(-c5cccc6oc7cccnc7c56)c5ccccc5c4)n3)ccc2c1. The van der Waals surface area contributed by atoms with Gasteiger partial charge >= 0.3 is 0 Å². The van der Waals surface area contributed by atoms with Crippen LogP contribution >= 0.6 is 0 Å². The third kappa shape index (κ3) is 4.63. The Hall–Kier alpha value is -6.72. The second-order valence-corrected chi connectivity index (χ2v) is 12.3. The molecule has 228 valence electrons. The molecular weight excluding hydrogens is 601 g/mol. The van der Waals surface area contributed by atoms with E-state index in [1.807, 2.05) is 30.5 Å². The Bertz CT molecular complexity index is 2810. The number of furan rings is 1. The number of aromatic nitrogens is 4. The van der Waals surface area contributed by atoms with Gasteiger partial charge in [-0.25, -0.2) is 15.0 Å². The van der Waals surface area contributed by atoms with Crippen LogP contribution in [0.4, 0.5) is 0 Å². The van der Waals surface area contributed by atoms with Crippen LogP contribution in [0.15, 0.2) is 162 Å².